The second kappa shape index (κ2) is 14.5. The lowest BCUT2D eigenvalue weighted by atomic mass is 10.0. The summed E-state index contributed by atoms with van der Waals surface area (Å²) in [6.45, 7) is 8.39. The number of alkyl carbamates (subject to hydrolysis) is 1. The quantitative estimate of drug-likeness (QED) is 0.134. The van der Waals surface area contributed by atoms with E-state index in [2.05, 4.69) is 20.9 Å². The van der Waals surface area contributed by atoms with E-state index in [4.69, 9.17) is 9.47 Å². The number of benzene rings is 3. The molecule has 3 atom stereocenters. The molecule has 3 aromatic carbocycles. The van der Waals surface area contributed by atoms with Gasteiger partial charge in [-0.05, 0) is 62.6 Å². The average molecular weight is 632 g/mol. The number of aliphatic hydroxyl groups is 1. The summed E-state index contributed by atoms with van der Waals surface area (Å²) in [7, 11) is 0. The molecule has 2 amide bonds. The van der Waals surface area contributed by atoms with Gasteiger partial charge in [0.1, 0.15) is 17.9 Å². The van der Waals surface area contributed by atoms with Crippen LogP contribution in [-0.4, -0.2) is 67.8 Å². The smallest absolute Gasteiger partial charge is 0.408 e. The van der Waals surface area contributed by atoms with Gasteiger partial charge in [-0.1, -0.05) is 66.7 Å². The Bertz CT molecular complexity index is 1650. The van der Waals surface area contributed by atoms with Crippen molar-refractivity contribution in [3.63, 3.8) is 0 Å². The van der Waals surface area contributed by atoms with E-state index in [1.54, 1.807) is 40.7 Å². The Morgan fingerprint density at radius 2 is 1.61 bits per heavy atom. The third-order valence-corrected chi connectivity index (χ3v) is 7.05. The molecule has 0 aliphatic carbocycles. The number of aliphatic carboxylic acids is 1. The van der Waals surface area contributed by atoms with Crippen LogP contribution in [0.25, 0.3) is 10.8 Å². The molecule has 0 bridgehead atoms. The minimum Gasteiger partial charge on any atom is -0.479 e. The van der Waals surface area contributed by atoms with Crippen LogP contribution in [0.5, 0.6) is 0 Å². The summed E-state index contributed by atoms with van der Waals surface area (Å²) in [5, 5.41) is 31.2. The maximum Gasteiger partial charge on any atom is 0.408 e. The number of nitrogens with zero attached hydrogens (tertiary/aromatic N) is 2. The topological polar surface area (TPSA) is 164 Å². The molecule has 2 unspecified atom stereocenters. The molecule has 1 heterocycles. The fraction of sp³-hybridized carbons (Fsp3) is 0.353. The van der Waals surface area contributed by atoms with Gasteiger partial charge >= 0.3 is 12.1 Å². The number of imidazole rings is 1. The molecule has 0 saturated heterocycles. The van der Waals surface area contributed by atoms with Gasteiger partial charge in [0.15, 0.2) is 11.9 Å². The Balaban J connectivity index is 1.49. The number of hydrogen-bond acceptors (Lipinski definition) is 8. The van der Waals surface area contributed by atoms with Crippen LogP contribution in [0.15, 0.2) is 85.3 Å². The van der Waals surface area contributed by atoms with Crippen molar-refractivity contribution >= 4 is 34.6 Å². The molecule has 0 radical (unpaired) electrons. The molecule has 0 aliphatic heterocycles. The highest BCUT2D eigenvalue weighted by Crippen LogP contribution is 2.25. The molecule has 4 aromatic rings. The number of carboxylic acids is 1. The van der Waals surface area contributed by atoms with E-state index in [0.717, 1.165) is 16.3 Å². The first-order valence-corrected chi connectivity index (χ1v) is 14.8. The number of anilines is 1. The highest BCUT2D eigenvalue weighted by Gasteiger charge is 2.35. The van der Waals surface area contributed by atoms with E-state index < -0.39 is 47.4 Å². The van der Waals surface area contributed by atoms with E-state index >= 15 is 0 Å². The molecule has 46 heavy (non-hydrogen) atoms. The molecule has 0 saturated carbocycles. The SMILES string of the molecule is CC(C)(C)OC(=O)NC(C)(C)C(O)N[C@H](COCc1ccccc1)C(=O)Nc1cn(C(C(=O)O)c2ccc3ccccc3c2)cn1. The van der Waals surface area contributed by atoms with Gasteiger partial charge in [0.25, 0.3) is 0 Å². The van der Waals surface area contributed by atoms with Crippen molar-refractivity contribution in [2.45, 2.75) is 70.7 Å². The third-order valence-electron chi connectivity index (χ3n) is 7.05. The first-order valence-electron chi connectivity index (χ1n) is 14.8. The monoisotopic (exact) mass is 631 g/mol. The van der Waals surface area contributed by atoms with Crippen LogP contribution >= 0.6 is 0 Å². The average Bonchev–Trinajstić information content (AvgIpc) is 3.43. The maximum atomic E-state index is 13.5. The molecule has 5 N–H and O–H groups in total. The van der Waals surface area contributed by atoms with Crippen LogP contribution < -0.4 is 16.0 Å². The number of nitrogens with one attached hydrogen (secondary N) is 3. The molecular weight excluding hydrogens is 590 g/mol. The number of ether oxygens (including phenoxy) is 2. The largest absolute Gasteiger partial charge is 0.479 e. The van der Waals surface area contributed by atoms with Crippen molar-refractivity contribution in [3.8, 4) is 0 Å². The second-order valence-corrected chi connectivity index (χ2v) is 12.5. The highest BCUT2D eigenvalue weighted by molar-refractivity contribution is 5.94. The number of aromatic nitrogens is 2. The Hall–Kier alpha value is -4.78. The molecule has 1 aromatic heterocycles. The minimum absolute atomic E-state index is 0.104. The minimum atomic E-state index is -1.40. The number of rotatable bonds is 13. The number of carbonyl (C=O) groups excluding carboxylic acids is 2. The van der Waals surface area contributed by atoms with E-state index in [9.17, 15) is 24.6 Å². The summed E-state index contributed by atoms with van der Waals surface area (Å²) in [4.78, 5) is 42.5. The van der Waals surface area contributed by atoms with Gasteiger partial charge in [-0.25, -0.2) is 14.6 Å². The Morgan fingerprint density at radius 1 is 0.935 bits per heavy atom. The van der Waals surface area contributed by atoms with Gasteiger partial charge in [-0.2, -0.15) is 0 Å². The summed E-state index contributed by atoms with van der Waals surface area (Å²) in [6.07, 6.45) is 0.626. The normalized spacial score (nSPS) is 13.9. The van der Waals surface area contributed by atoms with Crippen molar-refractivity contribution in [1.29, 1.82) is 0 Å². The molecule has 0 fully saturated rings. The number of amides is 2. The lowest BCUT2D eigenvalue weighted by molar-refractivity contribution is -0.139. The van der Waals surface area contributed by atoms with Crippen molar-refractivity contribution in [3.05, 3.63) is 96.4 Å². The van der Waals surface area contributed by atoms with Gasteiger partial charge in [-0.3, -0.25) is 10.1 Å². The molecule has 0 aliphatic rings. The number of fused-ring (bicyclic) bond motifs is 1. The zero-order valence-electron chi connectivity index (χ0n) is 26.6. The zero-order valence-corrected chi connectivity index (χ0v) is 26.6. The van der Waals surface area contributed by atoms with Crippen LogP contribution in [0.2, 0.25) is 0 Å². The molecule has 4 rings (SSSR count). The fourth-order valence-corrected chi connectivity index (χ4v) is 4.68. The van der Waals surface area contributed by atoms with Crippen molar-refractivity contribution in [2.75, 3.05) is 11.9 Å². The van der Waals surface area contributed by atoms with Gasteiger partial charge < -0.3 is 34.9 Å². The van der Waals surface area contributed by atoms with Gasteiger partial charge in [0.2, 0.25) is 5.91 Å². The Kier molecular flexibility index (Phi) is 10.8. The lowest BCUT2D eigenvalue weighted by Crippen LogP contribution is -2.62. The first kappa shape index (κ1) is 34.1. The summed E-state index contributed by atoms with van der Waals surface area (Å²) in [5.74, 6) is -1.59. The van der Waals surface area contributed by atoms with Crippen LogP contribution in [-0.2, 0) is 25.7 Å². The zero-order chi connectivity index (χ0) is 33.5. The van der Waals surface area contributed by atoms with Crippen molar-refractivity contribution in [1.82, 2.24) is 20.2 Å². The maximum absolute atomic E-state index is 13.5. The van der Waals surface area contributed by atoms with E-state index in [1.807, 2.05) is 66.7 Å². The summed E-state index contributed by atoms with van der Waals surface area (Å²) in [5.41, 5.74) is -0.570. The van der Waals surface area contributed by atoms with Crippen molar-refractivity contribution < 1.29 is 34.1 Å². The predicted octanol–water partition coefficient (Wildman–Crippen LogP) is 4.45. The Labute approximate surface area is 267 Å². The lowest BCUT2D eigenvalue weighted by Gasteiger charge is -2.35. The number of carboxylic acid groups (broad SMARTS) is 1. The summed E-state index contributed by atoms with van der Waals surface area (Å²) in [6, 6.07) is 20.3. The van der Waals surface area contributed by atoms with E-state index in [1.165, 1.54) is 17.1 Å². The molecular formula is C34H41N5O7. The number of carbonyl (C=O) groups is 3. The van der Waals surface area contributed by atoms with Gasteiger partial charge in [0.05, 0.1) is 25.1 Å². The second-order valence-electron chi connectivity index (χ2n) is 12.5. The van der Waals surface area contributed by atoms with Gasteiger partial charge in [-0.15, -0.1) is 0 Å². The summed E-state index contributed by atoms with van der Waals surface area (Å²) >= 11 is 0. The van der Waals surface area contributed by atoms with Crippen LogP contribution in [0.4, 0.5) is 10.6 Å². The van der Waals surface area contributed by atoms with Gasteiger partial charge in [0, 0.05) is 6.20 Å². The number of aliphatic hydroxyl groups excluding tert-OH is 1. The van der Waals surface area contributed by atoms with Crippen LogP contribution in [0.3, 0.4) is 0 Å². The molecule has 0 spiro atoms. The highest BCUT2D eigenvalue weighted by atomic mass is 16.6. The number of hydrogen-bond donors (Lipinski definition) is 5. The molecule has 12 heteroatoms. The molecule has 12 nitrogen and oxygen atoms in total. The van der Waals surface area contributed by atoms with E-state index in [0.29, 0.717) is 5.56 Å². The Morgan fingerprint density at radius 3 is 2.28 bits per heavy atom. The standard InChI is InChI=1S/C34H41N5O7/c1-33(2,3)46-32(44)38-34(4,5)31(43)36-26(20-45-19-22-11-7-6-8-12-22)29(40)37-27-18-39(21-35-27)28(30(41)42)25-16-15-23-13-9-10-14-24(23)17-25/h6-18,21,26,28,31,36,43H,19-20H2,1-5H3,(H,37,40)(H,38,44)(H,41,42)/t26-,28?,31?/m1/s1. The first-order chi connectivity index (χ1) is 21.7. The van der Waals surface area contributed by atoms with Crippen LogP contribution in [0, 0.1) is 0 Å². The van der Waals surface area contributed by atoms with E-state index in [-0.39, 0.29) is 19.0 Å². The molecule has 244 valence electrons. The predicted molar refractivity (Wildman–Crippen MR) is 173 cm³/mol. The third kappa shape index (κ3) is 9.36. The summed E-state index contributed by atoms with van der Waals surface area (Å²) < 4.78 is 12.5. The fourth-order valence-electron chi connectivity index (χ4n) is 4.68. The van der Waals surface area contributed by atoms with Crippen LogP contribution in [0.1, 0.15) is 51.8 Å². The van der Waals surface area contributed by atoms with Crippen molar-refractivity contribution in [2.24, 2.45) is 0 Å².